The van der Waals surface area contributed by atoms with Gasteiger partial charge in [-0.3, -0.25) is 0 Å². The highest BCUT2D eigenvalue weighted by Gasteiger charge is 2.05. The minimum absolute atomic E-state index is 0.630. The molecular formula is C18H20N4O. The van der Waals surface area contributed by atoms with Crippen molar-refractivity contribution >= 4 is 0 Å². The molecule has 1 heterocycles. The number of ether oxygens (including phenoxy) is 1. The Morgan fingerprint density at radius 3 is 2.48 bits per heavy atom. The molecule has 1 aromatic heterocycles. The Balaban J connectivity index is 1.50. The number of aryl methyl sites for hydroxylation is 3. The molecule has 5 nitrogen and oxygen atoms in total. The van der Waals surface area contributed by atoms with Gasteiger partial charge in [0.2, 0.25) is 5.82 Å². The van der Waals surface area contributed by atoms with Crippen molar-refractivity contribution < 1.29 is 4.74 Å². The van der Waals surface area contributed by atoms with Crippen LogP contribution in [0.15, 0.2) is 48.5 Å². The molecule has 2 aromatic carbocycles. The second-order valence-corrected chi connectivity index (χ2v) is 5.60. The van der Waals surface area contributed by atoms with E-state index in [2.05, 4.69) is 35.3 Å². The summed E-state index contributed by atoms with van der Waals surface area (Å²) in [6, 6.07) is 16.1. The molecule has 0 saturated heterocycles. The van der Waals surface area contributed by atoms with E-state index in [1.807, 2.05) is 42.5 Å². The molecule has 0 spiro atoms. The average molecular weight is 308 g/mol. The molecule has 0 unspecified atom stereocenters. The first-order chi connectivity index (χ1) is 11.2. The lowest BCUT2D eigenvalue weighted by Gasteiger charge is -2.07. The molecule has 0 radical (unpaired) electrons. The number of tetrazole rings is 1. The SMILES string of the molecule is Cc1cc(C)cc(OCCCn2nnc(-c3ccccc3)n2)c1. The van der Waals surface area contributed by atoms with Gasteiger partial charge in [-0.15, -0.1) is 10.2 Å². The lowest BCUT2D eigenvalue weighted by atomic mass is 10.1. The molecule has 0 aliphatic carbocycles. The predicted octanol–water partition coefficient (Wildman–Crippen LogP) is 3.43. The molecule has 0 N–H and O–H groups in total. The molecule has 0 aliphatic rings. The summed E-state index contributed by atoms with van der Waals surface area (Å²) in [6.45, 7) is 5.46. The molecule has 5 heteroatoms. The highest BCUT2D eigenvalue weighted by Crippen LogP contribution is 2.16. The minimum atomic E-state index is 0.630. The third-order valence-electron chi connectivity index (χ3n) is 3.45. The van der Waals surface area contributed by atoms with E-state index >= 15 is 0 Å². The van der Waals surface area contributed by atoms with Crippen molar-refractivity contribution in [3.63, 3.8) is 0 Å². The normalized spacial score (nSPS) is 10.7. The van der Waals surface area contributed by atoms with E-state index in [0.717, 1.165) is 17.7 Å². The van der Waals surface area contributed by atoms with Crippen molar-refractivity contribution in [3.05, 3.63) is 59.7 Å². The van der Waals surface area contributed by atoms with Gasteiger partial charge >= 0.3 is 0 Å². The van der Waals surface area contributed by atoms with Gasteiger partial charge in [0.25, 0.3) is 0 Å². The van der Waals surface area contributed by atoms with Crippen LogP contribution in [0.25, 0.3) is 11.4 Å². The average Bonchev–Trinajstić information content (AvgIpc) is 3.00. The van der Waals surface area contributed by atoms with E-state index < -0.39 is 0 Å². The molecule has 0 aliphatic heterocycles. The van der Waals surface area contributed by atoms with Gasteiger partial charge in [-0.2, -0.15) is 4.80 Å². The van der Waals surface area contributed by atoms with Crippen molar-refractivity contribution in [3.8, 4) is 17.1 Å². The fourth-order valence-electron chi connectivity index (χ4n) is 2.45. The van der Waals surface area contributed by atoms with Gasteiger partial charge in [-0.1, -0.05) is 36.4 Å². The van der Waals surface area contributed by atoms with E-state index in [1.54, 1.807) is 4.80 Å². The largest absolute Gasteiger partial charge is 0.494 e. The first-order valence-electron chi connectivity index (χ1n) is 7.75. The highest BCUT2D eigenvalue weighted by molar-refractivity contribution is 5.52. The monoisotopic (exact) mass is 308 g/mol. The maximum Gasteiger partial charge on any atom is 0.204 e. The van der Waals surface area contributed by atoms with Gasteiger partial charge in [0.05, 0.1) is 13.2 Å². The Bertz CT molecular complexity index is 747. The molecule has 3 aromatic rings. The smallest absolute Gasteiger partial charge is 0.204 e. The Labute approximate surface area is 135 Å². The quantitative estimate of drug-likeness (QED) is 0.655. The molecule has 0 bridgehead atoms. The second-order valence-electron chi connectivity index (χ2n) is 5.60. The van der Waals surface area contributed by atoms with Gasteiger partial charge in [0.15, 0.2) is 0 Å². The van der Waals surface area contributed by atoms with Gasteiger partial charge in [0.1, 0.15) is 5.75 Å². The van der Waals surface area contributed by atoms with Crippen LogP contribution in [0.4, 0.5) is 0 Å². The Morgan fingerprint density at radius 1 is 1.00 bits per heavy atom. The number of rotatable bonds is 6. The third-order valence-corrected chi connectivity index (χ3v) is 3.45. The van der Waals surface area contributed by atoms with E-state index in [9.17, 15) is 0 Å². The van der Waals surface area contributed by atoms with E-state index in [1.165, 1.54) is 11.1 Å². The minimum Gasteiger partial charge on any atom is -0.494 e. The van der Waals surface area contributed by atoms with Crippen molar-refractivity contribution in [1.82, 2.24) is 20.2 Å². The maximum absolute atomic E-state index is 5.79. The van der Waals surface area contributed by atoms with Gasteiger partial charge in [-0.25, -0.2) is 0 Å². The van der Waals surface area contributed by atoms with Crippen molar-refractivity contribution in [1.29, 1.82) is 0 Å². The molecule has 0 saturated carbocycles. The van der Waals surface area contributed by atoms with Crippen molar-refractivity contribution in [2.24, 2.45) is 0 Å². The van der Waals surface area contributed by atoms with Gasteiger partial charge in [0, 0.05) is 12.0 Å². The fourth-order valence-corrected chi connectivity index (χ4v) is 2.45. The highest BCUT2D eigenvalue weighted by atomic mass is 16.5. The number of hydrogen-bond acceptors (Lipinski definition) is 4. The molecule has 0 amide bonds. The standard InChI is InChI=1S/C18H20N4O/c1-14-11-15(2)13-17(12-14)23-10-6-9-22-20-18(19-21-22)16-7-4-3-5-8-16/h3-5,7-8,11-13H,6,9-10H2,1-2H3. The Kier molecular flexibility index (Phi) is 4.66. The number of hydrogen-bond donors (Lipinski definition) is 0. The van der Waals surface area contributed by atoms with Crippen LogP contribution in [-0.4, -0.2) is 26.8 Å². The summed E-state index contributed by atoms with van der Waals surface area (Å²) in [6.07, 6.45) is 0.831. The summed E-state index contributed by atoms with van der Waals surface area (Å²) >= 11 is 0. The van der Waals surface area contributed by atoms with Crippen LogP contribution in [0.5, 0.6) is 5.75 Å². The van der Waals surface area contributed by atoms with E-state index in [-0.39, 0.29) is 0 Å². The van der Waals surface area contributed by atoms with Gasteiger partial charge in [-0.05, 0) is 42.3 Å². The summed E-state index contributed by atoms with van der Waals surface area (Å²) in [4.78, 5) is 1.62. The topological polar surface area (TPSA) is 52.8 Å². The molecule has 0 fully saturated rings. The number of nitrogens with zero attached hydrogens (tertiary/aromatic N) is 4. The summed E-state index contributed by atoms with van der Waals surface area (Å²) in [5, 5.41) is 12.6. The predicted molar refractivity (Wildman–Crippen MR) is 89.3 cm³/mol. The molecule has 118 valence electrons. The summed E-state index contributed by atoms with van der Waals surface area (Å²) in [5.74, 6) is 1.57. The first-order valence-corrected chi connectivity index (χ1v) is 7.75. The zero-order chi connectivity index (χ0) is 16.1. The van der Waals surface area contributed by atoms with Crippen LogP contribution in [-0.2, 0) is 6.54 Å². The summed E-state index contributed by atoms with van der Waals surface area (Å²) in [7, 11) is 0. The third kappa shape index (κ3) is 4.16. The van der Waals surface area contributed by atoms with E-state index in [4.69, 9.17) is 4.74 Å². The van der Waals surface area contributed by atoms with Crippen molar-refractivity contribution in [2.75, 3.05) is 6.61 Å². The van der Waals surface area contributed by atoms with Crippen LogP contribution in [0.2, 0.25) is 0 Å². The lowest BCUT2D eigenvalue weighted by Crippen LogP contribution is -2.07. The van der Waals surface area contributed by atoms with Crippen LogP contribution in [0, 0.1) is 13.8 Å². The number of benzene rings is 2. The molecule has 3 rings (SSSR count). The molecule has 0 atom stereocenters. The van der Waals surface area contributed by atoms with Gasteiger partial charge < -0.3 is 4.74 Å². The lowest BCUT2D eigenvalue weighted by molar-refractivity contribution is 0.293. The van der Waals surface area contributed by atoms with Crippen LogP contribution >= 0.6 is 0 Å². The number of aromatic nitrogens is 4. The zero-order valence-corrected chi connectivity index (χ0v) is 13.4. The van der Waals surface area contributed by atoms with Crippen LogP contribution < -0.4 is 4.74 Å². The van der Waals surface area contributed by atoms with E-state index in [0.29, 0.717) is 19.0 Å². The summed E-state index contributed by atoms with van der Waals surface area (Å²) in [5.41, 5.74) is 3.40. The second kappa shape index (κ2) is 7.05. The Morgan fingerprint density at radius 2 is 1.74 bits per heavy atom. The van der Waals surface area contributed by atoms with Crippen molar-refractivity contribution in [2.45, 2.75) is 26.8 Å². The maximum atomic E-state index is 5.79. The van der Waals surface area contributed by atoms with Crippen LogP contribution in [0.3, 0.4) is 0 Å². The first kappa shape index (κ1) is 15.2. The zero-order valence-electron chi connectivity index (χ0n) is 13.4. The molecule has 23 heavy (non-hydrogen) atoms. The Hall–Kier alpha value is -2.69. The summed E-state index contributed by atoms with van der Waals surface area (Å²) < 4.78 is 5.79. The molecular weight excluding hydrogens is 288 g/mol. The van der Waals surface area contributed by atoms with Crippen LogP contribution in [0.1, 0.15) is 17.5 Å². The fraction of sp³-hybridized carbons (Fsp3) is 0.278.